The van der Waals surface area contributed by atoms with Crippen molar-refractivity contribution in [3.05, 3.63) is 87.4 Å². The molecule has 1 heterocycles. The second-order valence-electron chi connectivity index (χ2n) is 10.6. The van der Waals surface area contributed by atoms with Gasteiger partial charge in [0.25, 0.3) is 0 Å². The number of nitrogens with two attached hydrogens (primary N) is 1. The van der Waals surface area contributed by atoms with E-state index >= 15 is 0 Å². The molecule has 4 aromatic rings. The second-order valence-corrected chi connectivity index (χ2v) is 13.2. The van der Waals surface area contributed by atoms with Crippen molar-refractivity contribution in [2.75, 3.05) is 5.32 Å². The first kappa shape index (κ1) is 30.3. The Labute approximate surface area is 255 Å². The second kappa shape index (κ2) is 13.0. The van der Waals surface area contributed by atoms with Crippen LogP contribution >= 0.6 is 23.2 Å². The molecule has 1 aliphatic carbocycles. The number of nitrogens with zero attached hydrogens (tertiary/aromatic N) is 2. The van der Waals surface area contributed by atoms with Gasteiger partial charge in [-0.15, -0.1) is 0 Å². The van der Waals surface area contributed by atoms with E-state index in [1.807, 2.05) is 18.2 Å². The third-order valence-corrected chi connectivity index (χ3v) is 9.73. The maximum Gasteiger partial charge on any atom is 0.248 e. The molecule has 1 saturated carbocycles. The van der Waals surface area contributed by atoms with E-state index in [1.54, 1.807) is 34.9 Å². The van der Waals surface area contributed by atoms with Crippen molar-refractivity contribution in [3.63, 3.8) is 0 Å². The fourth-order valence-electron chi connectivity index (χ4n) is 5.38. The molecule has 2 atom stereocenters. The van der Waals surface area contributed by atoms with Crippen molar-refractivity contribution in [2.45, 2.75) is 62.7 Å². The van der Waals surface area contributed by atoms with Gasteiger partial charge in [0.05, 0.1) is 17.1 Å². The summed E-state index contributed by atoms with van der Waals surface area (Å²) in [6.45, 7) is 0.669. The van der Waals surface area contributed by atoms with Gasteiger partial charge in [-0.05, 0) is 54.3 Å². The topological polar surface area (TPSA) is 139 Å². The molecule has 0 spiro atoms. The van der Waals surface area contributed by atoms with Gasteiger partial charge >= 0.3 is 0 Å². The number of fused-ring (bicyclic) bond motifs is 1. The van der Waals surface area contributed by atoms with Gasteiger partial charge < -0.3 is 20.7 Å². The number of halogens is 2. The Balaban J connectivity index is 1.61. The van der Waals surface area contributed by atoms with E-state index < -0.39 is 22.0 Å². The van der Waals surface area contributed by atoms with Crippen LogP contribution in [-0.2, 0) is 29.7 Å². The quantitative estimate of drug-likeness (QED) is 0.171. The fraction of sp³-hybridized carbons (Fsp3) is 0.333. The Kier molecular flexibility index (Phi) is 9.39. The summed E-state index contributed by atoms with van der Waals surface area (Å²) in [5.74, 6) is -0.485. The number of aromatic nitrogens is 2. The maximum atomic E-state index is 13.8. The number of aliphatic hydroxyl groups excluding tert-OH is 1. The van der Waals surface area contributed by atoms with Crippen LogP contribution in [0.4, 0.5) is 5.95 Å². The number of carbonyl (C=O) groups is 1. The highest BCUT2D eigenvalue weighted by atomic mass is 35.5. The molecule has 42 heavy (non-hydrogen) atoms. The molecule has 0 aliphatic heterocycles. The molecule has 0 bridgehead atoms. The van der Waals surface area contributed by atoms with E-state index in [2.05, 4.69) is 10.0 Å². The number of anilines is 1. The van der Waals surface area contributed by atoms with Gasteiger partial charge in [-0.3, -0.25) is 4.79 Å². The molecular formula is C30H33Cl2N5O4S. The van der Waals surface area contributed by atoms with Gasteiger partial charge in [-0.2, -0.15) is 0 Å². The number of amides is 1. The van der Waals surface area contributed by atoms with Crippen molar-refractivity contribution in [1.29, 1.82) is 0 Å². The van der Waals surface area contributed by atoms with Crippen molar-refractivity contribution in [3.8, 4) is 0 Å². The minimum Gasteiger partial charge on any atom is -0.393 e. The number of imidazole rings is 1. The summed E-state index contributed by atoms with van der Waals surface area (Å²) >= 11 is 12.4. The first-order valence-corrected chi connectivity index (χ1v) is 16.1. The monoisotopic (exact) mass is 629 g/mol. The Morgan fingerprint density at radius 1 is 1.02 bits per heavy atom. The standard InChI is InChI=1S/C30H33Cl2N5O4S/c31-23-12-10-19(11-13-23)16-35-42(40,41)27-15-22(29(33)39)14-25-28(27)37(18-21-7-2-1-3-9-26(21)38)30(36-25)34-17-20-6-4-5-8-24(20)32/h4-6,8,10-15,21,26,35,38H,1-3,7,9,16-18H2,(H2,33,39)(H,34,36)/t21-,26-/m1/s1. The van der Waals surface area contributed by atoms with Crippen LogP contribution in [-0.4, -0.2) is 35.1 Å². The normalized spacial score (nSPS) is 17.7. The van der Waals surface area contributed by atoms with Crippen molar-refractivity contribution in [1.82, 2.24) is 14.3 Å². The lowest BCUT2D eigenvalue weighted by Crippen LogP contribution is -2.27. The predicted molar refractivity (Wildman–Crippen MR) is 165 cm³/mol. The van der Waals surface area contributed by atoms with Crippen LogP contribution in [0.1, 0.15) is 53.6 Å². The molecule has 0 unspecified atom stereocenters. The average molecular weight is 631 g/mol. The lowest BCUT2D eigenvalue weighted by atomic mass is 9.97. The maximum absolute atomic E-state index is 13.8. The molecule has 3 aromatic carbocycles. The van der Waals surface area contributed by atoms with Gasteiger partial charge in [0.15, 0.2) is 0 Å². The first-order valence-electron chi connectivity index (χ1n) is 13.9. The fourth-order valence-corrected chi connectivity index (χ4v) is 6.97. The molecular weight excluding hydrogens is 597 g/mol. The highest BCUT2D eigenvalue weighted by Gasteiger charge is 2.29. The summed E-state index contributed by atoms with van der Waals surface area (Å²) < 4.78 is 32.1. The number of aliphatic hydroxyl groups is 1. The van der Waals surface area contributed by atoms with Gasteiger partial charge in [-0.1, -0.05) is 72.8 Å². The number of primary amides is 1. The van der Waals surface area contributed by atoms with Crippen LogP contribution in [0.3, 0.4) is 0 Å². The average Bonchev–Trinajstić information content (AvgIpc) is 3.18. The zero-order valence-corrected chi connectivity index (χ0v) is 25.2. The molecule has 5 rings (SSSR count). The Bertz CT molecular complexity index is 1690. The zero-order valence-electron chi connectivity index (χ0n) is 22.9. The summed E-state index contributed by atoms with van der Waals surface area (Å²) in [4.78, 5) is 16.9. The number of rotatable bonds is 10. The Morgan fingerprint density at radius 2 is 1.76 bits per heavy atom. The van der Waals surface area contributed by atoms with Crippen LogP contribution < -0.4 is 15.8 Å². The van der Waals surface area contributed by atoms with E-state index in [9.17, 15) is 18.3 Å². The number of nitrogens with one attached hydrogen (secondary N) is 2. The lowest BCUT2D eigenvalue weighted by Gasteiger charge is -2.23. The van der Waals surface area contributed by atoms with Gasteiger partial charge in [0.1, 0.15) is 4.90 Å². The number of benzene rings is 3. The Morgan fingerprint density at radius 3 is 2.50 bits per heavy atom. The molecule has 0 radical (unpaired) electrons. The van der Waals surface area contributed by atoms with Gasteiger partial charge in [0, 0.05) is 41.2 Å². The number of hydrogen-bond acceptors (Lipinski definition) is 6. The van der Waals surface area contributed by atoms with Crippen molar-refractivity contribution >= 4 is 56.1 Å². The van der Waals surface area contributed by atoms with Gasteiger partial charge in [0.2, 0.25) is 21.9 Å². The summed E-state index contributed by atoms with van der Waals surface area (Å²) in [5.41, 5.74) is 7.79. The molecule has 1 aromatic heterocycles. The Hall–Kier alpha value is -3.15. The largest absolute Gasteiger partial charge is 0.393 e. The summed E-state index contributed by atoms with van der Waals surface area (Å²) in [5, 5.41) is 15.4. The van der Waals surface area contributed by atoms with E-state index in [4.69, 9.17) is 33.9 Å². The summed E-state index contributed by atoms with van der Waals surface area (Å²) in [6, 6.07) is 17.0. The lowest BCUT2D eigenvalue weighted by molar-refractivity contribution is 0.0917. The minimum atomic E-state index is -4.16. The highest BCUT2D eigenvalue weighted by molar-refractivity contribution is 7.89. The molecule has 12 heteroatoms. The van der Waals surface area contributed by atoms with Crippen molar-refractivity contribution < 1.29 is 18.3 Å². The minimum absolute atomic E-state index is 0.00881. The SMILES string of the molecule is NC(=O)c1cc(S(=O)(=O)NCc2ccc(Cl)cc2)c2c(c1)nc(NCc1ccccc1Cl)n2C[C@H]1CCCCC[C@H]1O. The van der Waals surface area contributed by atoms with E-state index in [0.29, 0.717) is 52.1 Å². The van der Waals surface area contributed by atoms with Crippen LogP contribution in [0.5, 0.6) is 0 Å². The predicted octanol–water partition coefficient (Wildman–Crippen LogP) is 5.47. The van der Waals surface area contributed by atoms with Crippen LogP contribution in [0.15, 0.2) is 65.6 Å². The number of sulfonamides is 1. The van der Waals surface area contributed by atoms with Gasteiger partial charge in [-0.25, -0.2) is 18.1 Å². The summed E-state index contributed by atoms with van der Waals surface area (Å²) in [6.07, 6.45) is 3.88. The smallest absolute Gasteiger partial charge is 0.248 e. The van der Waals surface area contributed by atoms with Crippen LogP contribution in [0.2, 0.25) is 10.0 Å². The van der Waals surface area contributed by atoms with E-state index in [1.165, 1.54) is 12.1 Å². The third kappa shape index (κ3) is 6.90. The highest BCUT2D eigenvalue weighted by Crippen LogP contribution is 2.33. The molecule has 222 valence electrons. The first-order chi connectivity index (χ1) is 20.1. The third-order valence-electron chi connectivity index (χ3n) is 7.69. The molecule has 5 N–H and O–H groups in total. The molecule has 1 fully saturated rings. The van der Waals surface area contributed by atoms with Crippen LogP contribution in [0.25, 0.3) is 11.0 Å². The number of hydrogen-bond donors (Lipinski definition) is 4. The summed E-state index contributed by atoms with van der Waals surface area (Å²) in [7, 11) is -4.16. The number of carbonyl (C=O) groups excluding carboxylic acids is 1. The molecule has 1 amide bonds. The van der Waals surface area contributed by atoms with Crippen LogP contribution in [0, 0.1) is 5.92 Å². The van der Waals surface area contributed by atoms with Crippen molar-refractivity contribution in [2.24, 2.45) is 11.7 Å². The van der Waals surface area contributed by atoms with E-state index in [-0.39, 0.29) is 22.9 Å². The molecule has 1 aliphatic rings. The zero-order chi connectivity index (χ0) is 29.9. The molecule has 9 nitrogen and oxygen atoms in total. The molecule has 0 saturated heterocycles. The van der Waals surface area contributed by atoms with E-state index in [0.717, 1.165) is 31.2 Å².